The maximum atomic E-state index is 13.0. The first kappa shape index (κ1) is 16.2. The second kappa shape index (κ2) is 5.78. The Labute approximate surface area is 143 Å². The van der Waals surface area contributed by atoms with Gasteiger partial charge in [0.15, 0.2) is 5.82 Å². The van der Waals surface area contributed by atoms with Crippen LogP contribution < -0.4 is 9.62 Å². The molecule has 1 atom stereocenters. The molecule has 1 aliphatic rings. The summed E-state index contributed by atoms with van der Waals surface area (Å²) in [5.41, 5.74) is 0.475. The number of sulfonamides is 1. The smallest absolute Gasteiger partial charge is 0.266 e. The Bertz CT molecular complexity index is 984. The second-order valence-corrected chi connectivity index (χ2v) is 7.32. The lowest BCUT2D eigenvalue weighted by Crippen LogP contribution is -2.49. The van der Waals surface area contributed by atoms with Crippen molar-refractivity contribution in [3.8, 4) is 6.07 Å². The number of nitriles is 1. The van der Waals surface area contributed by atoms with Crippen molar-refractivity contribution < 1.29 is 13.2 Å². The molecule has 2 heterocycles. The van der Waals surface area contributed by atoms with E-state index in [0.29, 0.717) is 5.69 Å². The number of halogens is 1. The molecule has 3 rings (SSSR count). The third kappa shape index (κ3) is 2.48. The first-order chi connectivity index (χ1) is 11.4. The van der Waals surface area contributed by atoms with E-state index in [4.69, 9.17) is 16.9 Å². The van der Waals surface area contributed by atoms with Crippen LogP contribution in [0.4, 0.5) is 11.5 Å². The zero-order chi connectivity index (χ0) is 17.5. The summed E-state index contributed by atoms with van der Waals surface area (Å²) in [5, 5.41) is 11.5. The topological polar surface area (TPSA) is 103 Å². The second-order valence-electron chi connectivity index (χ2n) is 5.09. The van der Waals surface area contributed by atoms with Gasteiger partial charge in [0.25, 0.3) is 10.0 Å². The summed E-state index contributed by atoms with van der Waals surface area (Å²) >= 11 is 5.94. The molecule has 0 bridgehead atoms. The molecular formula is C15H11ClN4O3S. The molecule has 0 radical (unpaired) electrons. The first-order valence-electron chi connectivity index (χ1n) is 6.86. The maximum absolute atomic E-state index is 13.0. The van der Waals surface area contributed by atoms with Gasteiger partial charge in [-0.15, -0.1) is 0 Å². The number of hydrogen-bond acceptors (Lipinski definition) is 5. The van der Waals surface area contributed by atoms with E-state index in [-0.39, 0.29) is 21.3 Å². The molecule has 0 fully saturated rings. The lowest BCUT2D eigenvalue weighted by atomic mass is 10.2. The number of carbonyl (C=O) groups is 1. The van der Waals surface area contributed by atoms with Gasteiger partial charge >= 0.3 is 0 Å². The summed E-state index contributed by atoms with van der Waals surface area (Å²) < 4.78 is 27.0. The van der Waals surface area contributed by atoms with E-state index in [1.54, 1.807) is 12.1 Å². The highest BCUT2D eigenvalue weighted by Gasteiger charge is 2.39. The fourth-order valence-electron chi connectivity index (χ4n) is 2.38. The molecule has 0 saturated heterocycles. The van der Waals surface area contributed by atoms with Crippen molar-refractivity contribution in [1.82, 2.24) is 4.98 Å². The summed E-state index contributed by atoms with van der Waals surface area (Å²) in [4.78, 5) is 16.1. The van der Waals surface area contributed by atoms with E-state index in [1.807, 2.05) is 6.07 Å². The molecule has 1 aromatic carbocycles. The SMILES string of the molecule is C[C@@H]1C(=O)Nc2cccnc2N1S(=O)(=O)c1ccc(C#N)c(Cl)c1. The van der Waals surface area contributed by atoms with Crippen molar-refractivity contribution in [2.45, 2.75) is 17.9 Å². The van der Waals surface area contributed by atoms with E-state index in [1.165, 1.54) is 31.3 Å². The number of rotatable bonds is 2. The van der Waals surface area contributed by atoms with Crippen LogP contribution in [0.15, 0.2) is 41.4 Å². The highest BCUT2D eigenvalue weighted by molar-refractivity contribution is 7.93. The number of nitrogens with one attached hydrogen (secondary N) is 1. The molecule has 1 aromatic heterocycles. The van der Waals surface area contributed by atoms with Crippen LogP contribution in [-0.4, -0.2) is 25.4 Å². The third-order valence-corrected chi connectivity index (χ3v) is 5.77. The monoisotopic (exact) mass is 362 g/mol. The number of pyridine rings is 1. The molecule has 2 aromatic rings. The van der Waals surface area contributed by atoms with Crippen LogP contribution in [0.3, 0.4) is 0 Å². The largest absolute Gasteiger partial charge is 0.321 e. The van der Waals surface area contributed by atoms with Crippen LogP contribution >= 0.6 is 11.6 Å². The van der Waals surface area contributed by atoms with Gasteiger partial charge < -0.3 is 5.32 Å². The molecule has 1 N–H and O–H groups in total. The molecule has 24 heavy (non-hydrogen) atoms. The summed E-state index contributed by atoms with van der Waals surface area (Å²) in [7, 11) is -4.09. The van der Waals surface area contributed by atoms with Crippen molar-refractivity contribution in [1.29, 1.82) is 5.26 Å². The van der Waals surface area contributed by atoms with E-state index < -0.39 is 22.0 Å². The van der Waals surface area contributed by atoms with Gasteiger partial charge in [-0.05, 0) is 37.3 Å². The van der Waals surface area contributed by atoms with Crippen LogP contribution in [-0.2, 0) is 14.8 Å². The fourth-order valence-corrected chi connectivity index (χ4v) is 4.29. The van der Waals surface area contributed by atoms with Gasteiger partial charge in [-0.25, -0.2) is 17.7 Å². The average molecular weight is 363 g/mol. The maximum Gasteiger partial charge on any atom is 0.266 e. The quantitative estimate of drug-likeness (QED) is 0.881. The minimum Gasteiger partial charge on any atom is -0.321 e. The van der Waals surface area contributed by atoms with Crippen LogP contribution in [0, 0.1) is 11.3 Å². The lowest BCUT2D eigenvalue weighted by molar-refractivity contribution is -0.117. The van der Waals surface area contributed by atoms with E-state index in [0.717, 1.165) is 4.31 Å². The average Bonchev–Trinajstić information content (AvgIpc) is 2.55. The number of hydrogen-bond donors (Lipinski definition) is 1. The predicted octanol–water partition coefficient (Wildman–Crippen LogP) is 2.14. The zero-order valence-corrected chi connectivity index (χ0v) is 14.0. The molecule has 0 spiro atoms. The Hall–Kier alpha value is -2.63. The Morgan fingerprint density at radius 1 is 1.38 bits per heavy atom. The van der Waals surface area contributed by atoms with Crippen molar-refractivity contribution in [3.05, 3.63) is 47.1 Å². The van der Waals surface area contributed by atoms with E-state index in [9.17, 15) is 13.2 Å². The number of benzene rings is 1. The van der Waals surface area contributed by atoms with E-state index in [2.05, 4.69) is 10.3 Å². The van der Waals surface area contributed by atoms with Gasteiger partial charge in [-0.3, -0.25) is 4.79 Å². The molecule has 0 unspecified atom stereocenters. The minimum atomic E-state index is -4.09. The molecule has 7 nitrogen and oxygen atoms in total. The summed E-state index contributed by atoms with van der Waals surface area (Å²) in [5.74, 6) is -0.330. The summed E-state index contributed by atoms with van der Waals surface area (Å²) in [6, 6.07) is 7.85. The van der Waals surface area contributed by atoms with Gasteiger partial charge in [-0.2, -0.15) is 5.26 Å². The molecule has 0 aliphatic carbocycles. The number of anilines is 2. The van der Waals surface area contributed by atoms with Gasteiger partial charge in [0.1, 0.15) is 12.1 Å². The molecule has 9 heteroatoms. The zero-order valence-electron chi connectivity index (χ0n) is 12.4. The Morgan fingerprint density at radius 2 is 2.12 bits per heavy atom. The predicted molar refractivity (Wildman–Crippen MR) is 88.2 cm³/mol. The fraction of sp³-hybridized carbons (Fsp3) is 0.133. The van der Waals surface area contributed by atoms with Gasteiger partial charge in [0.2, 0.25) is 5.91 Å². The van der Waals surface area contributed by atoms with Crippen LogP contribution in [0.25, 0.3) is 0 Å². The molecule has 1 aliphatic heterocycles. The van der Waals surface area contributed by atoms with Gasteiger partial charge in [0.05, 0.1) is 21.2 Å². The van der Waals surface area contributed by atoms with E-state index >= 15 is 0 Å². The minimum absolute atomic E-state index is 0.0222. The van der Waals surface area contributed by atoms with Crippen molar-refractivity contribution in [3.63, 3.8) is 0 Å². The summed E-state index contributed by atoms with van der Waals surface area (Å²) in [6.07, 6.45) is 1.44. The third-order valence-electron chi connectivity index (χ3n) is 3.60. The highest BCUT2D eigenvalue weighted by atomic mass is 35.5. The summed E-state index contributed by atoms with van der Waals surface area (Å²) in [6.45, 7) is 1.47. The molecule has 1 amide bonds. The van der Waals surface area contributed by atoms with Crippen LogP contribution in [0.2, 0.25) is 5.02 Å². The Kier molecular flexibility index (Phi) is 3.91. The number of amides is 1. The Balaban J connectivity index is 2.18. The molecule has 0 saturated carbocycles. The van der Waals surface area contributed by atoms with Crippen LogP contribution in [0.1, 0.15) is 12.5 Å². The van der Waals surface area contributed by atoms with Gasteiger partial charge in [-0.1, -0.05) is 11.6 Å². The molecular weight excluding hydrogens is 352 g/mol. The number of carbonyl (C=O) groups excluding carboxylic acids is 1. The Morgan fingerprint density at radius 3 is 2.79 bits per heavy atom. The normalized spacial score (nSPS) is 17.0. The highest BCUT2D eigenvalue weighted by Crippen LogP contribution is 2.34. The standard InChI is InChI=1S/C15H11ClN4O3S/c1-9-15(21)19-13-3-2-6-18-14(13)20(9)24(22,23)11-5-4-10(8-17)12(16)7-11/h2-7,9H,1H3,(H,19,21)/t9-/m1/s1. The number of aromatic nitrogens is 1. The van der Waals surface area contributed by atoms with Gasteiger partial charge in [0, 0.05) is 6.20 Å². The van der Waals surface area contributed by atoms with Crippen molar-refractivity contribution >= 4 is 39.0 Å². The lowest BCUT2D eigenvalue weighted by Gasteiger charge is -2.33. The van der Waals surface area contributed by atoms with Crippen LogP contribution in [0.5, 0.6) is 0 Å². The number of fused-ring (bicyclic) bond motifs is 1. The van der Waals surface area contributed by atoms with Crippen molar-refractivity contribution in [2.24, 2.45) is 0 Å². The van der Waals surface area contributed by atoms with Crippen molar-refractivity contribution in [2.75, 3.05) is 9.62 Å². The first-order valence-corrected chi connectivity index (χ1v) is 8.68. The molecule has 122 valence electrons. The number of nitrogens with zero attached hydrogens (tertiary/aromatic N) is 3.